The van der Waals surface area contributed by atoms with E-state index in [1.165, 1.54) is 25.7 Å². The van der Waals surface area contributed by atoms with Crippen LogP contribution in [0.3, 0.4) is 0 Å². The highest BCUT2D eigenvalue weighted by Gasteiger charge is 2.37. The molecule has 2 rings (SSSR count). The quantitative estimate of drug-likeness (QED) is 0.413. The number of carbonyl (C=O) groups excluding carboxylic acids is 5. The summed E-state index contributed by atoms with van der Waals surface area (Å²) in [5, 5.41) is 7.58. The molecule has 11 heteroatoms. The summed E-state index contributed by atoms with van der Waals surface area (Å²) < 4.78 is 10.0. The van der Waals surface area contributed by atoms with Crippen LogP contribution in [0.15, 0.2) is 30.3 Å². The minimum absolute atomic E-state index is 0.0665. The number of rotatable bonds is 10. The minimum Gasteiger partial charge on any atom is -0.464 e. The molecule has 1 fully saturated rings. The van der Waals surface area contributed by atoms with Gasteiger partial charge in [0.2, 0.25) is 17.7 Å². The standard InChI is InChI=1S/C24H34N4O7/c1-5-34-23(32)17(4)26-20(29)15(2)25-21(30)19-12-9-13-28(19)22(31)16(3)27-24(33)35-14-18-10-7-6-8-11-18/h6-8,10-11,15-17,19H,5,9,12-14H2,1-4H3,(H,25,30)(H,26,29)(H,27,33)/t15-,16-,17-,19-/m0/s1. The van der Waals surface area contributed by atoms with E-state index in [0.29, 0.717) is 19.4 Å². The van der Waals surface area contributed by atoms with Crippen molar-refractivity contribution >= 4 is 29.8 Å². The topological polar surface area (TPSA) is 143 Å². The molecule has 35 heavy (non-hydrogen) atoms. The second-order valence-corrected chi connectivity index (χ2v) is 8.33. The second kappa shape index (κ2) is 13.3. The molecule has 3 N–H and O–H groups in total. The van der Waals surface area contributed by atoms with Gasteiger partial charge in [0.1, 0.15) is 30.8 Å². The molecule has 0 radical (unpaired) electrons. The van der Waals surface area contributed by atoms with Gasteiger partial charge >= 0.3 is 12.1 Å². The van der Waals surface area contributed by atoms with E-state index in [9.17, 15) is 24.0 Å². The highest BCUT2D eigenvalue weighted by molar-refractivity contribution is 5.94. The van der Waals surface area contributed by atoms with Gasteiger partial charge in [0.05, 0.1) is 6.61 Å². The largest absolute Gasteiger partial charge is 0.464 e. The van der Waals surface area contributed by atoms with Crippen LogP contribution in [-0.4, -0.2) is 72.0 Å². The first kappa shape index (κ1) is 27.6. The Morgan fingerprint density at radius 2 is 1.63 bits per heavy atom. The SMILES string of the molecule is CCOC(=O)[C@H](C)NC(=O)[C@H](C)NC(=O)[C@@H]1CCCN1C(=O)[C@H](C)NC(=O)OCc1ccccc1. The molecular formula is C24H34N4O7. The Kier molecular flexibility index (Phi) is 10.5. The summed E-state index contributed by atoms with van der Waals surface area (Å²) in [4.78, 5) is 63.3. The number of nitrogens with zero attached hydrogens (tertiary/aromatic N) is 1. The summed E-state index contributed by atoms with van der Waals surface area (Å²) in [5.74, 6) is -2.03. The lowest BCUT2D eigenvalue weighted by atomic mass is 10.1. The van der Waals surface area contributed by atoms with Crippen molar-refractivity contribution in [1.29, 1.82) is 0 Å². The smallest absolute Gasteiger partial charge is 0.408 e. The summed E-state index contributed by atoms with van der Waals surface area (Å²) in [7, 11) is 0. The van der Waals surface area contributed by atoms with E-state index < -0.39 is 54.0 Å². The molecule has 0 aromatic heterocycles. The monoisotopic (exact) mass is 490 g/mol. The maximum atomic E-state index is 12.9. The fourth-order valence-corrected chi connectivity index (χ4v) is 3.59. The zero-order valence-electron chi connectivity index (χ0n) is 20.5. The molecule has 4 atom stereocenters. The van der Waals surface area contributed by atoms with Crippen LogP contribution in [0, 0.1) is 0 Å². The van der Waals surface area contributed by atoms with Crippen LogP contribution in [-0.2, 0) is 35.3 Å². The van der Waals surface area contributed by atoms with Crippen LogP contribution in [0.4, 0.5) is 4.79 Å². The Labute approximate surface area is 204 Å². The lowest BCUT2D eigenvalue weighted by Gasteiger charge is -2.28. The van der Waals surface area contributed by atoms with Crippen molar-refractivity contribution in [3.63, 3.8) is 0 Å². The van der Waals surface area contributed by atoms with Gasteiger partial charge in [0, 0.05) is 6.54 Å². The molecule has 11 nitrogen and oxygen atoms in total. The van der Waals surface area contributed by atoms with Crippen LogP contribution in [0.25, 0.3) is 0 Å². The van der Waals surface area contributed by atoms with E-state index in [2.05, 4.69) is 16.0 Å². The number of hydrogen-bond donors (Lipinski definition) is 3. The van der Waals surface area contributed by atoms with Crippen molar-refractivity contribution in [1.82, 2.24) is 20.9 Å². The molecule has 1 aromatic rings. The number of amides is 4. The molecule has 1 aromatic carbocycles. The number of alkyl carbamates (subject to hydrolysis) is 1. The fourth-order valence-electron chi connectivity index (χ4n) is 3.59. The zero-order valence-corrected chi connectivity index (χ0v) is 20.5. The van der Waals surface area contributed by atoms with E-state index in [4.69, 9.17) is 9.47 Å². The number of carbonyl (C=O) groups is 5. The molecule has 1 saturated heterocycles. The molecule has 4 amide bonds. The number of nitrogens with one attached hydrogen (secondary N) is 3. The first-order chi connectivity index (χ1) is 16.6. The number of ether oxygens (including phenoxy) is 2. The third-order valence-electron chi connectivity index (χ3n) is 5.51. The Bertz CT molecular complexity index is 908. The predicted octanol–water partition coefficient (Wildman–Crippen LogP) is 0.865. The van der Waals surface area contributed by atoms with Gasteiger partial charge in [-0.05, 0) is 46.1 Å². The van der Waals surface area contributed by atoms with Crippen LogP contribution in [0.5, 0.6) is 0 Å². The molecule has 0 bridgehead atoms. The summed E-state index contributed by atoms with van der Waals surface area (Å²) in [6.07, 6.45) is 0.294. The van der Waals surface area contributed by atoms with Gasteiger partial charge in [-0.3, -0.25) is 14.4 Å². The number of esters is 1. The lowest BCUT2D eigenvalue weighted by Crippen LogP contribution is -2.56. The van der Waals surface area contributed by atoms with E-state index in [1.54, 1.807) is 6.92 Å². The van der Waals surface area contributed by atoms with Gasteiger partial charge in [-0.25, -0.2) is 9.59 Å². The molecule has 1 aliphatic rings. The van der Waals surface area contributed by atoms with E-state index in [1.807, 2.05) is 30.3 Å². The fraction of sp³-hybridized carbons (Fsp3) is 0.542. The van der Waals surface area contributed by atoms with Crippen molar-refractivity contribution in [2.75, 3.05) is 13.2 Å². The normalized spacial score (nSPS) is 17.5. The molecule has 1 aliphatic heterocycles. The van der Waals surface area contributed by atoms with Gasteiger partial charge in [-0.2, -0.15) is 0 Å². The van der Waals surface area contributed by atoms with Crippen molar-refractivity contribution in [2.24, 2.45) is 0 Å². The van der Waals surface area contributed by atoms with Gasteiger partial charge in [-0.15, -0.1) is 0 Å². The average molecular weight is 491 g/mol. The van der Waals surface area contributed by atoms with Crippen molar-refractivity contribution in [3.8, 4) is 0 Å². The summed E-state index contributed by atoms with van der Waals surface area (Å²) in [6.45, 7) is 6.76. The van der Waals surface area contributed by atoms with Crippen molar-refractivity contribution in [3.05, 3.63) is 35.9 Å². The Balaban J connectivity index is 1.86. The minimum atomic E-state index is -0.930. The van der Waals surface area contributed by atoms with Gasteiger partial charge in [0.15, 0.2) is 0 Å². The van der Waals surface area contributed by atoms with Crippen LogP contribution < -0.4 is 16.0 Å². The summed E-state index contributed by atoms with van der Waals surface area (Å²) >= 11 is 0. The van der Waals surface area contributed by atoms with E-state index in [0.717, 1.165) is 5.56 Å². The van der Waals surface area contributed by atoms with Gasteiger partial charge in [0.25, 0.3) is 0 Å². The third kappa shape index (κ3) is 8.27. The molecular weight excluding hydrogens is 456 g/mol. The Morgan fingerprint density at radius 1 is 0.943 bits per heavy atom. The summed E-state index contributed by atoms with van der Waals surface area (Å²) in [5.41, 5.74) is 0.813. The molecule has 0 spiro atoms. The van der Waals surface area contributed by atoms with Crippen molar-refractivity contribution in [2.45, 2.75) is 71.3 Å². The van der Waals surface area contributed by atoms with E-state index >= 15 is 0 Å². The molecule has 192 valence electrons. The second-order valence-electron chi connectivity index (χ2n) is 8.33. The van der Waals surface area contributed by atoms with Gasteiger partial charge < -0.3 is 30.3 Å². The third-order valence-corrected chi connectivity index (χ3v) is 5.51. The Hall–Kier alpha value is -3.63. The highest BCUT2D eigenvalue weighted by atomic mass is 16.5. The van der Waals surface area contributed by atoms with Crippen LogP contribution in [0.1, 0.15) is 46.1 Å². The molecule has 0 saturated carbocycles. The maximum Gasteiger partial charge on any atom is 0.408 e. The van der Waals surface area contributed by atoms with Crippen LogP contribution in [0.2, 0.25) is 0 Å². The lowest BCUT2D eigenvalue weighted by molar-refractivity contribution is -0.147. The molecule has 0 aliphatic carbocycles. The van der Waals surface area contributed by atoms with Crippen molar-refractivity contribution < 1.29 is 33.4 Å². The first-order valence-corrected chi connectivity index (χ1v) is 11.7. The Morgan fingerprint density at radius 3 is 2.29 bits per heavy atom. The highest BCUT2D eigenvalue weighted by Crippen LogP contribution is 2.19. The maximum absolute atomic E-state index is 12.9. The van der Waals surface area contributed by atoms with Crippen LogP contribution >= 0.6 is 0 Å². The number of benzene rings is 1. The van der Waals surface area contributed by atoms with E-state index in [-0.39, 0.29) is 13.2 Å². The first-order valence-electron chi connectivity index (χ1n) is 11.7. The molecule has 0 unspecified atom stereocenters. The predicted molar refractivity (Wildman–Crippen MR) is 126 cm³/mol. The number of likely N-dealkylation sites (tertiary alicyclic amines) is 1. The number of hydrogen-bond acceptors (Lipinski definition) is 7. The van der Waals surface area contributed by atoms with Gasteiger partial charge in [-0.1, -0.05) is 30.3 Å². The average Bonchev–Trinajstić information content (AvgIpc) is 3.33. The summed E-state index contributed by atoms with van der Waals surface area (Å²) in [6, 6.07) is 5.66. The molecule has 1 heterocycles. The zero-order chi connectivity index (χ0) is 26.0.